The summed E-state index contributed by atoms with van der Waals surface area (Å²) < 4.78 is 0. The fraction of sp³-hybridized carbons (Fsp3) is 0.250. The first-order chi connectivity index (χ1) is 9.36. The molecule has 0 aliphatic rings. The van der Waals surface area contributed by atoms with Crippen LogP contribution in [0.3, 0.4) is 0 Å². The molecule has 0 aliphatic heterocycles. The standard InChI is InChI=1S/C12H13NO7/c14-5-9(12(19)20)13-4-6-1-2-7(10(15)16)8(3-6)11(17)18/h1-3,9,13-14H,4-5H2,(H,15,16)(H,17,18)(H,19,20)/t9-/m0/s1. The number of aromatic carboxylic acids is 2. The quantitative estimate of drug-likeness (QED) is 0.455. The van der Waals surface area contributed by atoms with Crippen molar-refractivity contribution < 1.29 is 34.8 Å². The number of benzene rings is 1. The number of rotatable bonds is 7. The van der Waals surface area contributed by atoms with Gasteiger partial charge < -0.3 is 20.4 Å². The van der Waals surface area contributed by atoms with Crippen LogP contribution in [0.4, 0.5) is 0 Å². The lowest BCUT2D eigenvalue weighted by atomic mass is 10.0. The van der Waals surface area contributed by atoms with Gasteiger partial charge in [0.1, 0.15) is 6.04 Å². The van der Waals surface area contributed by atoms with Gasteiger partial charge in [0, 0.05) is 6.54 Å². The van der Waals surface area contributed by atoms with Gasteiger partial charge >= 0.3 is 17.9 Å². The highest BCUT2D eigenvalue weighted by molar-refractivity contribution is 6.01. The highest BCUT2D eigenvalue weighted by atomic mass is 16.4. The van der Waals surface area contributed by atoms with Gasteiger partial charge in [-0.05, 0) is 17.7 Å². The Bertz CT molecular complexity index is 541. The first-order valence-electron chi connectivity index (χ1n) is 5.53. The molecule has 0 fully saturated rings. The number of carboxylic acid groups (broad SMARTS) is 3. The van der Waals surface area contributed by atoms with Crippen LogP contribution in [-0.2, 0) is 11.3 Å². The molecule has 8 nitrogen and oxygen atoms in total. The molecule has 0 saturated carbocycles. The minimum absolute atomic E-state index is 0.0162. The smallest absolute Gasteiger partial charge is 0.336 e. The van der Waals surface area contributed by atoms with Crippen molar-refractivity contribution in [2.24, 2.45) is 0 Å². The summed E-state index contributed by atoms with van der Waals surface area (Å²) in [5, 5.41) is 37.8. The summed E-state index contributed by atoms with van der Waals surface area (Å²) in [5.74, 6) is -3.99. The van der Waals surface area contributed by atoms with E-state index in [9.17, 15) is 14.4 Å². The Morgan fingerprint density at radius 3 is 2.10 bits per heavy atom. The molecular formula is C12H13NO7. The Morgan fingerprint density at radius 1 is 1.05 bits per heavy atom. The first kappa shape index (κ1) is 15.6. The van der Waals surface area contributed by atoms with E-state index in [0.717, 1.165) is 12.1 Å². The van der Waals surface area contributed by atoms with Crippen LogP contribution in [0, 0.1) is 0 Å². The highest BCUT2D eigenvalue weighted by Gasteiger charge is 2.18. The molecule has 0 aliphatic carbocycles. The number of hydrogen-bond donors (Lipinski definition) is 5. The average molecular weight is 283 g/mol. The molecule has 0 bridgehead atoms. The Kier molecular flexibility index (Phi) is 5.18. The molecule has 1 aromatic rings. The van der Waals surface area contributed by atoms with Gasteiger partial charge in [-0.3, -0.25) is 10.1 Å². The minimum Gasteiger partial charge on any atom is -0.480 e. The Morgan fingerprint density at radius 2 is 1.65 bits per heavy atom. The van der Waals surface area contributed by atoms with Crippen LogP contribution < -0.4 is 5.32 Å². The molecule has 1 rings (SSSR count). The lowest BCUT2D eigenvalue weighted by Gasteiger charge is -2.12. The summed E-state index contributed by atoms with van der Waals surface area (Å²) >= 11 is 0. The van der Waals surface area contributed by atoms with Gasteiger partial charge in [-0.1, -0.05) is 6.07 Å². The van der Waals surface area contributed by atoms with Gasteiger partial charge in [0.05, 0.1) is 17.7 Å². The number of carbonyl (C=O) groups is 3. The number of nitrogens with one attached hydrogen (secondary N) is 1. The van der Waals surface area contributed by atoms with E-state index in [1.165, 1.54) is 6.07 Å². The Balaban J connectivity index is 2.93. The Hall–Kier alpha value is -2.45. The topological polar surface area (TPSA) is 144 Å². The van der Waals surface area contributed by atoms with E-state index in [-0.39, 0.29) is 17.7 Å². The largest absolute Gasteiger partial charge is 0.480 e. The summed E-state index contributed by atoms with van der Waals surface area (Å²) in [6, 6.07) is 2.48. The molecule has 0 spiro atoms. The van der Waals surface area contributed by atoms with Crippen LogP contribution in [0.25, 0.3) is 0 Å². The molecule has 0 saturated heterocycles. The van der Waals surface area contributed by atoms with Gasteiger partial charge in [0.2, 0.25) is 0 Å². The predicted octanol–water partition coefficient (Wildman–Crippen LogP) is -0.382. The molecule has 1 atom stereocenters. The van der Waals surface area contributed by atoms with E-state index in [0.29, 0.717) is 5.56 Å². The van der Waals surface area contributed by atoms with Crippen molar-refractivity contribution in [2.45, 2.75) is 12.6 Å². The third-order valence-electron chi connectivity index (χ3n) is 2.58. The van der Waals surface area contributed by atoms with Crippen LogP contribution in [0.5, 0.6) is 0 Å². The van der Waals surface area contributed by atoms with Crippen molar-refractivity contribution in [1.29, 1.82) is 0 Å². The Labute approximate surface area is 113 Å². The molecule has 1 aromatic carbocycles. The predicted molar refractivity (Wildman–Crippen MR) is 65.7 cm³/mol. The lowest BCUT2D eigenvalue weighted by Crippen LogP contribution is -2.39. The highest BCUT2D eigenvalue weighted by Crippen LogP contribution is 2.13. The molecule has 0 amide bonds. The third-order valence-corrected chi connectivity index (χ3v) is 2.58. The molecular weight excluding hydrogens is 270 g/mol. The molecule has 8 heteroatoms. The maximum absolute atomic E-state index is 11.0. The van der Waals surface area contributed by atoms with Crippen LogP contribution in [0.2, 0.25) is 0 Å². The van der Waals surface area contributed by atoms with Crippen molar-refractivity contribution in [3.8, 4) is 0 Å². The van der Waals surface area contributed by atoms with Gasteiger partial charge in [-0.25, -0.2) is 9.59 Å². The average Bonchev–Trinajstić information content (AvgIpc) is 2.38. The molecule has 0 heterocycles. The van der Waals surface area contributed by atoms with Crippen LogP contribution in [0.15, 0.2) is 18.2 Å². The zero-order chi connectivity index (χ0) is 15.3. The van der Waals surface area contributed by atoms with E-state index in [1.807, 2.05) is 0 Å². The summed E-state index contributed by atoms with van der Waals surface area (Å²) in [4.78, 5) is 32.5. The normalized spacial score (nSPS) is 11.8. The van der Waals surface area contributed by atoms with Crippen LogP contribution in [0.1, 0.15) is 26.3 Å². The first-order valence-corrected chi connectivity index (χ1v) is 5.53. The SMILES string of the molecule is O=C(O)c1ccc(CN[C@@H](CO)C(=O)O)cc1C(=O)O. The molecule has 20 heavy (non-hydrogen) atoms. The molecule has 108 valence electrons. The zero-order valence-electron chi connectivity index (χ0n) is 10.2. The third kappa shape index (κ3) is 3.77. The second kappa shape index (κ2) is 6.64. The fourth-order valence-corrected chi connectivity index (χ4v) is 1.54. The van der Waals surface area contributed by atoms with Gasteiger partial charge in [0.25, 0.3) is 0 Å². The second-order valence-corrected chi connectivity index (χ2v) is 3.94. The van der Waals surface area contributed by atoms with Crippen molar-refractivity contribution in [3.05, 3.63) is 34.9 Å². The number of hydrogen-bond acceptors (Lipinski definition) is 5. The van der Waals surface area contributed by atoms with Crippen LogP contribution in [-0.4, -0.2) is 51.0 Å². The zero-order valence-corrected chi connectivity index (χ0v) is 10.2. The lowest BCUT2D eigenvalue weighted by molar-refractivity contribution is -0.140. The molecule has 5 N–H and O–H groups in total. The van der Waals surface area contributed by atoms with Crippen molar-refractivity contribution in [2.75, 3.05) is 6.61 Å². The number of aliphatic hydroxyl groups is 1. The maximum Gasteiger partial charge on any atom is 0.336 e. The van der Waals surface area contributed by atoms with Crippen molar-refractivity contribution in [3.63, 3.8) is 0 Å². The van der Waals surface area contributed by atoms with Gasteiger partial charge in [-0.2, -0.15) is 0 Å². The second-order valence-electron chi connectivity index (χ2n) is 3.94. The van der Waals surface area contributed by atoms with Gasteiger partial charge in [0.15, 0.2) is 0 Å². The van der Waals surface area contributed by atoms with Gasteiger partial charge in [-0.15, -0.1) is 0 Å². The van der Waals surface area contributed by atoms with E-state index in [2.05, 4.69) is 5.32 Å². The molecule has 0 unspecified atom stereocenters. The van der Waals surface area contributed by atoms with E-state index < -0.39 is 30.6 Å². The van der Waals surface area contributed by atoms with Crippen molar-refractivity contribution in [1.82, 2.24) is 5.32 Å². The summed E-state index contributed by atoms with van der Waals surface area (Å²) in [5.41, 5.74) is -0.335. The summed E-state index contributed by atoms with van der Waals surface area (Å²) in [6.07, 6.45) is 0. The number of carboxylic acids is 3. The number of aliphatic hydroxyl groups excluding tert-OH is 1. The monoisotopic (exact) mass is 283 g/mol. The number of aliphatic carboxylic acids is 1. The van der Waals surface area contributed by atoms with E-state index >= 15 is 0 Å². The van der Waals surface area contributed by atoms with E-state index in [4.69, 9.17) is 20.4 Å². The van der Waals surface area contributed by atoms with Crippen molar-refractivity contribution >= 4 is 17.9 Å². The summed E-state index contributed by atoms with van der Waals surface area (Å²) in [7, 11) is 0. The maximum atomic E-state index is 11.0. The fourth-order valence-electron chi connectivity index (χ4n) is 1.54. The molecule has 0 radical (unpaired) electrons. The summed E-state index contributed by atoms with van der Waals surface area (Å²) in [6.45, 7) is -0.633. The van der Waals surface area contributed by atoms with Crippen LogP contribution >= 0.6 is 0 Å². The molecule has 0 aromatic heterocycles. The van der Waals surface area contributed by atoms with E-state index in [1.54, 1.807) is 0 Å². The minimum atomic E-state index is -1.39.